The van der Waals surface area contributed by atoms with Crippen LogP contribution in [0.4, 0.5) is 0 Å². The monoisotopic (exact) mass is 861 g/mol. The molecule has 1 spiro atoms. The summed E-state index contributed by atoms with van der Waals surface area (Å²) >= 11 is 1.96. The number of rotatable bonds is 4. The number of fused-ring (bicyclic) bond motifs is 15. The lowest BCUT2D eigenvalue weighted by molar-refractivity contribution is 0.459. The number of nitrogens with zero attached hydrogens (tertiary/aromatic N) is 1. The third-order valence-electron chi connectivity index (χ3n) is 16.0. The Balaban J connectivity index is 0.844. The topological polar surface area (TPSA) is 12.9 Å². The van der Waals surface area contributed by atoms with E-state index < -0.39 is 0 Å². The molecule has 1 nitrogen and oxygen atoms in total. The molecule has 14 rings (SSSR count). The lowest BCUT2D eigenvalue weighted by Gasteiger charge is -2.38. The lowest BCUT2D eigenvalue weighted by Crippen LogP contribution is -2.27. The minimum atomic E-state index is -0.355. The van der Waals surface area contributed by atoms with Crippen LogP contribution in [0.2, 0.25) is 0 Å². The van der Waals surface area contributed by atoms with E-state index in [4.69, 9.17) is 4.98 Å². The van der Waals surface area contributed by atoms with E-state index in [-0.39, 0.29) is 22.7 Å². The summed E-state index contributed by atoms with van der Waals surface area (Å²) in [5.74, 6) is 1.05. The molecule has 314 valence electrons. The Hall–Kier alpha value is -7.13. The normalized spacial score (nSPS) is 24.2. The Morgan fingerprint density at radius 2 is 1.47 bits per heavy atom. The molecule has 6 aromatic carbocycles. The summed E-state index contributed by atoms with van der Waals surface area (Å²) in [5, 5.41) is 3.89. The van der Waals surface area contributed by atoms with Crippen LogP contribution in [-0.4, -0.2) is 4.98 Å². The highest BCUT2D eigenvalue weighted by atomic mass is 32.1. The number of para-hydroxylation sites is 1. The van der Waals surface area contributed by atoms with Gasteiger partial charge in [-0.2, -0.15) is 0 Å². The number of allylic oxidation sites excluding steroid dienone is 16. The van der Waals surface area contributed by atoms with E-state index in [1.54, 1.807) is 0 Å². The van der Waals surface area contributed by atoms with Gasteiger partial charge in [0.15, 0.2) is 0 Å². The third-order valence-corrected chi connectivity index (χ3v) is 17.2. The number of thiophene rings is 1. The van der Waals surface area contributed by atoms with Crippen molar-refractivity contribution in [1.82, 2.24) is 4.98 Å². The van der Waals surface area contributed by atoms with Crippen LogP contribution in [0.3, 0.4) is 0 Å². The minimum absolute atomic E-state index is 0.0492. The van der Waals surface area contributed by atoms with Crippen LogP contribution in [-0.2, 0) is 5.41 Å². The minimum Gasteiger partial charge on any atom is -0.248 e. The first-order chi connectivity index (χ1) is 32.5. The Morgan fingerprint density at radius 3 is 2.36 bits per heavy atom. The second-order valence-electron chi connectivity index (χ2n) is 19.5. The van der Waals surface area contributed by atoms with Gasteiger partial charge in [0.1, 0.15) is 0 Å². The summed E-state index contributed by atoms with van der Waals surface area (Å²) in [6.45, 7) is 4.72. The standard InChI is InChI=1S/C64H47NS/c1-39-21-33-55-52(36-39)46-14-3-6-17-54(46)64(55)56-34-32-49-48-16-5-8-20-60(48)66-62(49)61(56)50-31-30-44(37-57(50)64)40-22-28-43(29-23-40)59-38-51(47-15-4-7-19-58(47)65-59)41-24-26-42(27-25-41)53-18-11-13-45-12-9-10-35-63(45,53)2/h3-22,24-35,37-40,53H,23,36H2,1-2H3. The second-order valence-corrected chi connectivity index (χ2v) is 20.6. The van der Waals surface area contributed by atoms with Crippen molar-refractivity contribution >= 4 is 53.6 Å². The van der Waals surface area contributed by atoms with Crippen molar-refractivity contribution in [2.75, 3.05) is 0 Å². The summed E-state index contributed by atoms with van der Waals surface area (Å²) in [5.41, 5.74) is 20.9. The van der Waals surface area contributed by atoms with Crippen molar-refractivity contribution in [2.45, 2.75) is 43.9 Å². The van der Waals surface area contributed by atoms with E-state index in [0.717, 1.165) is 24.1 Å². The molecule has 66 heavy (non-hydrogen) atoms. The molecule has 0 N–H and O–H groups in total. The molecule has 6 aliphatic carbocycles. The summed E-state index contributed by atoms with van der Waals surface area (Å²) in [6.07, 6.45) is 29.9. The number of hydrogen-bond donors (Lipinski definition) is 0. The maximum Gasteiger partial charge on any atom is 0.0722 e. The fourth-order valence-electron chi connectivity index (χ4n) is 12.7. The van der Waals surface area contributed by atoms with Crippen LogP contribution in [0.5, 0.6) is 0 Å². The van der Waals surface area contributed by atoms with Gasteiger partial charge in [-0.25, -0.2) is 4.98 Å². The molecule has 2 heterocycles. The van der Waals surface area contributed by atoms with E-state index in [0.29, 0.717) is 5.92 Å². The van der Waals surface area contributed by atoms with Crippen LogP contribution in [0, 0.1) is 11.3 Å². The Kier molecular flexibility index (Phi) is 8.20. The van der Waals surface area contributed by atoms with E-state index in [2.05, 4.69) is 220 Å². The number of benzene rings is 6. The van der Waals surface area contributed by atoms with Crippen molar-refractivity contribution in [1.29, 1.82) is 0 Å². The van der Waals surface area contributed by atoms with Gasteiger partial charge in [-0.05, 0) is 109 Å². The first kappa shape index (κ1) is 38.2. The SMILES string of the molecule is CC1C=CC2=C(C1)c1ccccc1C21c2cc(C3C=CC(c4cc(-c5ccc(C6C=CC=C7C=CC=CC76C)cc5)c5ccccc5n4)=CC3)ccc2-c2c1ccc1c2sc2ccccc21. The third kappa shape index (κ3) is 5.31. The first-order valence-corrected chi connectivity index (χ1v) is 24.5. The van der Waals surface area contributed by atoms with Crippen molar-refractivity contribution in [2.24, 2.45) is 11.3 Å². The maximum absolute atomic E-state index is 5.29. The molecule has 0 bridgehead atoms. The van der Waals surface area contributed by atoms with Gasteiger partial charge in [0.05, 0.1) is 16.6 Å². The van der Waals surface area contributed by atoms with Gasteiger partial charge < -0.3 is 0 Å². The van der Waals surface area contributed by atoms with Gasteiger partial charge in [0.2, 0.25) is 0 Å². The van der Waals surface area contributed by atoms with Crippen molar-refractivity contribution in [3.05, 3.63) is 257 Å². The summed E-state index contributed by atoms with van der Waals surface area (Å²) in [7, 11) is 0. The molecule has 0 saturated carbocycles. The predicted octanol–water partition coefficient (Wildman–Crippen LogP) is 16.8. The van der Waals surface area contributed by atoms with Crippen molar-refractivity contribution in [3.63, 3.8) is 0 Å². The number of aromatic nitrogens is 1. The van der Waals surface area contributed by atoms with Crippen molar-refractivity contribution in [3.8, 4) is 22.3 Å². The predicted molar refractivity (Wildman–Crippen MR) is 279 cm³/mol. The van der Waals surface area contributed by atoms with E-state index in [1.165, 1.54) is 103 Å². The molecular formula is C64H47NS. The highest BCUT2D eigenvalue weighted by molar-refractivity contribution is 7.26. The Labute approximate surface area is 390 Å². The fraction of sp³-hybridized carbons (Fsp3) is 0.141. The average molecular weight is 862 g/mol. The van der Waals surface area contributed by atoms with Gasteiger partial charge in [-0.15, -0.1) is 11.3 Å². The van der Waals surface area contributed by atoms with Gasteiger partial charge in [0, 0.05) is 48.4 Å². The molecule has 0 radical (unpaired) electrons. The van der Waals surface area contributed by atoms with Gasteiger partial charge in [0.25, 0.3) is 0 Å². The van der Waals surface area contributed by atoms with Crippen LogP contribution in [0.25, 0.3) is 64.5 Å². The van der Waals surface area contributed by atoms with Crippen LogP contribution in [0.1, 0.15) is 77.6 Å². The Bertz CT molecular complexity index is 3690. The van der Waals surface area contributed by atoms with E-state index in [9.17, 15) is 0 Å². The van der Waals surface area contributed by atoms with Crippen LogP contribution >= 0.6 is 11.3 Å². The van der Waals surface area contributed by atoms with Crippen molar-refractivity contribution < 1.29 is 0 Å². The fourth-order valence-corrected chi connectivity index (χ4v) is 14.0. The zero-order valence-electron chi connectivity index (χ0n) is 37.1. The maximum atomic E-state index is 5.29. The zero-order chi connectivity index (χ0) is 43.7. The molecule has 5 unspecified atom stereocenters. The molecule has 0 fully saturated rings. The second kappa shape index (κ2) is 14.2. The Morgan fingerprint density at radius 1 is 0.636 bits per heavy atom. The van der Waals surface area contributed by atoms with Gasteiger partial charge >= 0.3 is 0 Å². The number of hydrogen-bond acceptors (Lipinski definition) is 2. The average Bonchev–Trinajstić information content (AvgIpc) is 3.99. The molecule has 5 atom stereocenters. The van der Waals surface area contributed by atoms with Gasteiger partial charge in [-0.1, -0.05) is 202 Å². The van der Waals surface area contributed by atoms with E-state index >= 15 is 0 Å². The quantitative estimate of drug-likeness (QED) is 0.172. The summed E-state index contributed by atoms with van der Waals surface area (Å²) < 4.78 is 2.76. The highest BCUT2D eigenvalue weighted by Gasteiger charge is 2.53. The van der Waals surface area contributed by atoms with Crippen LogP contribution in [0.15, 0.2) is 218 Å². The summed E-state index contributed by atoms with van der Waals surface area (Å²) in [4.78, 5) is 5.29. The molecule has 6 aliphatic rings. The first-order valence-electron chi connectivity index (χ1n) is 23.7. The largest absolute Gasteiger partial charge is 0.248 e. The molecule has 0 amide bonds. The van der Waals surface area contributed by atoms with Crippen LogP contribution < -0.4 is 0 Å². The molecule has 0 aliphatic heterocycles. The molecule has 2 aromatic heterocycles. The number of pyridine rings is 1. The molecule has 2 heteroatoms. The molecule has 8 aromatic rings. The zero-order valence-corrected chi connectivity index (χ0v) is 37.9. The van der Waals surface area contributed by atoms with E-state index in [1.807, 2.05) is 11.3 Å². The molecule has 0 saturated heterocycles. The lowest BCUT2D eigenvalue weighted by atomic mass is 9.65. The van der Waals surface area contributed by atoms with Gasteiger partial charge in [-0.3, -0.25) is 0 Å². The summed E-state index contributed by atoms with van der Waals surface area (Å²) in [6, 6.07) is 50.9. The smallest absolute Gasteiger partial charge is 0.0722 e. The highest BCUT2D eigenvalue weighted by Crippen LogP contribution is 2.65. The molecular weight excluding hydrogens is 815 g/mol.